The first-order valence-corrected chi connectivity index (χ1v) is 5.72. The van der Waals surface area contributed by atoms with Crippen LogP contribution in [0.5, 0.6) is 0 Å². The molecule has 82 valence electrons. The van der Waals surface area contributed by atoms with E-state index < -0.39 is 0 Å². The largest absolute Gasteiger partial charge is 0.373 e. The molecular weight excluding hydrogens is 208 g/mol. The van der Waals surface area contributed by atoms with Crippen LogP contribution in [-0.4, -0.2) is 20.1 Å². The van der Waals surface area contributed by atoms with E-state index in [1.54, 1.807) is 0 Å². The number of likely N-dealkylation sites (N-methyl/N-ethyl adjacent to an activating group) is 1. The van der Waals surface area contributed by atoms with Crippen LogP contribution in [0.4, 0.5) is 5.69 Å². The second-order valence-corrected chi connectivity index (χ2v) is 4.78. The average molecular weight is 225 g/mol. The molecule has 3 heteroatoms. The molecule has 1 aromatic rings. The van der Waals surface area contributed by atoms with Crippen LogP contribution in [0.2, 0.25) is 5.02 Å². The van der Waals surface area contributed by atoms with E-state index in [0.29, 0.717) is 11.8 Å². The van der Waals surface area contributed by atoms with Gasteiger partial charge in [-0.25, -0.2) is 0 Å². The Balaban J connectivity index is 2.42. The standard InChI is InChI=1S/C12H17ClN2/c1-8(6-14)10-7-15(2)12-9(10)4-3-5-11(12)13/h3-5,8,10H,6-7,14H2,1-2H3. The zero-order valence-corrected chi connectivity index (χ0v) is 9.96. The molecule has 2 nitrogen and oxygen atoms in total. The summed E-state index contributed by atoms with van der Waals surface area (Å²) in [6.45, 7) is 3.95. The van der Waals surface area contributed by atoms with Gasteiger partial charge in [-0.05, 0) is 24.1 Å². The summed E-state index contributed by atoms with van der Waals surface area (Å²) < 4.78 is 0. The van der Waals surface area contributed by atoms with Gasteiger partial charge in [0.05, 0.1) is 10.7 Å². The van der Waals surface area contributed by atoms with Crippen molar-refractivity contribution in [1.82, 2.24) is 0 Å². The van der Waals surface area contributed by atoms with Crippen LogP contribution in [0.15, 0.2) is 18.2 Å². The number of rotatable bonds is 2. The third-order valence-corrected chi connectivity index (χ3v) is 3.63. The molecule has 1 aliphatic heterocycles. The topological polar surface area (TPSA) is 29.3 Å². The number of fused-ring (bicyclic) bond motifs is 1. The van der Waals surface area contributed by atoms with Crippen LogP contribution in [-0.2, 0) is 0 Å². The number of para-hydroxylation sites is 1. The highest BCUT2D eigenvalue weighted by molar-refractivity contribution is 6.33. The van der Waals surface area contributed by atoms with Gasteiger partial charge in [-0.1, -0.05) is 30.7 Å². The maximum Gasteiger partial charge on any atom is 0.0642 e. The van der Waals surface area contributed by atoms with Gasteiger partial charge < -0.3 is 10.6 Å². The molecule has 0 bridgehead atoms. The molecule has 0 fully saturated rings. The predicted molar refractivity (Wildman–Crippen MR) is 65.7 cm³/mol. The van der Waals surface area contributed by atoms with Gasteiger partial charge in [0.25, 0.3) is 0 Å². The van der Waals surface area contributed by atoms with Crippen molar-refractivity contribution in [2.75, 3.05) is 25.0 Å². The molecule has 2 rings (SSSR count). The van der Waals surface area contributed by atoms with Crippen molar-refractivity contribution in [2.45, 2.75) is 12.8 Å². The Hall–Kier alpha value is -0.730. The van der Waals surface area contributed by atoms with Gasteiger partial charge in [-0.3, -0.25) is 0 Å². The number of hydrogen-bond acceptors (Lipinski definition) is 2. The molecule has 0 aromatic heterocycles. The monoisotopic (exact) mass is 224 g/mol. The maximum absolute atomic E-state index is 6.20. The van der Waals surface area contributed by atoms with Gasteiger partial charge in [-0.2, -0.15) is 0 Å². The average Bonchev–Trinajstić information content (AvgIpc) is 2.56. The summed E-state index contributed by atoms with van der Waals surface area (Å²) in [5.74, 6) is 1.03. The lowest BCUT2D eigenvalue weighted by Crippen LogP contribution is -2.23. The summed E-state index contributed by atoms with van der Waals surface area (Å²) in [5.41, 5.74) is 8.28. The van der Waals surface area contributed by atoms with Crippen molar-refractivity contribution in [3.8, 4) is 0 Å². The van der Waals surface area contributed by atoms with Crippen LogP contribution in [0, 0.1) is 5.92 Å². The van der Waals surface area contributed by atoms with E-state index in [0.717, 1.165) is 18.1 Å². The highest BCUT2D eigenvalue weighted by Crippen LogP contribution is 2.42. The zero-order valence-electron chi connectivity index (χ0n) is 9.20. The summed E-state index contributed by atoms with van der Waals surface area (Å²) in [7, 11) is 2.09. The number of benzene rings is 1. The SMILES string of the molecule is CC(CN)C1CN(C)c2c(Cl)cccc21. The van der Waals surface area contributed by atoms with Crippen LogP contribution < -0.4 is 10.6 Å². The Morgan fingerprint density at radius 1 is 1.60 bits per heavy atom. The van der Waals surface area contributed by atoms with Crippen molar-refractivity contribution in [3.63, 3.8) is 0 Å². The van der Waals surface area contributed by atoms with Crippen molar-refractivity contribution in [1.29, 1.82) is 0 Å². The van der Waals surface area contributed by atoms with Crippen molar-refractivity contribution in [3.05, 3.63) is 28.8 Å². The van der Waals surface area contributed by atoms with E-state index >= 15 is 0 Å². The highest BCUT2D eigenvalue weighted by atomic mass is 35.5. The van der Waals surface area contributed by atoms with Gasteiger partial charge >= 0.3 is 0 Å². The van der Waals surface area contributed by atoms with Crippen LogP contribution in [0.3, 0.4) is 0 Å². The second-order valence-electron chi connectivity index (χ2n) is 4.38. The normalized spacial score (nSPS) is 21.6. The van der Waals surface area contributed by atoms with Crippen molar-refractivity contribution < 1.29 is 0 Å². The van der Waals surface area contributed by atoms with Crippen LogP contribution in [0.25, 0.3) is 0 Å². The van der Waals surface area contributed by atoms with Crippen molar-refractivity contribution >= 4 is 17.3 Å². The van der Waals surface area contributed by atoms with Gasteiger partial charge in [-0.15, -0.1) is 0 Å². The molecule has 15 heavy (non-hydrogen) atoms. The Bertz CT molecular complexity index is 365. The Labute approximate surface area is 96.0 Å². The Morgan fingerprint density at radius 3 is 3.00 bits per heavy atom. The fourth-order valence-corrected chi connectivity index (χ4v) is 2.70. The van der Waals surface area contributed by atoms with Gasteiger partial charge in [0.15, 0.2) is 0 Å². The van der Waals surface area contributed by atoms with Crippen LogP contribution in [0.1, 0.15) is 18.4 Å². The van der Waals surface area contributed by atoms with Crippen LogP contribution >= 0.6 is 11.6 Å². The second kappa shape index (κ2) is 4.03. The number of halogens is 1. The van der Waals surface area contributed by atoms with Crippen molar-refractivity contribution in [2.24, 2.45) is 11.7 Å². The molecule has 0 amide bonds. The molecule has 1 aliphatic rings. The minimum absolute atomic E-state index is 0.507. The fraction of sp³-hybridized carbons (Fsp3) is 0.500. The number of anilines is 1. The van der Waals surface area contributed by atoms with Gasteiger partial charge in [0, 0.05) is 19.5 Å². The molecule has 1 aromatic carbocycles. The molecule has 2 atom stereocenters. The predicted octanol–water partition coefficient (Wildman–Crippen LogP) is 2.47. The Morgan fingerprint density at radius 2 is 2.33 bits per heavy atom. The van der Waals surface area contributed by atoms with E-state index in [2.05, 4.69) is 24.9 Å². The quantitative estimate of drug-likeness (QED) is 0.837. The molecule has 1 heterocycles. The summed E-state index contributed by atoms with van der Waals surface area (Å²) in [6.07, 6.45) is 0. The smallest absolute Gasteiger partial charge is 0.0642 e. The van der Waals surface area contributed by atoms with E-state index in [9.17, 15) is 0 Å². The summed E-state index contributed by atoms with van der Waals surface area (Å²) in [5, 5.41) is 0.849. The summed E-state index contributed by atoms with van der Waals surface area (Å²) >= 11 is 6.20. The molecule has 0 radical (unpaired) electrons. The minimum Gasteiger partial charge on any atom is -0.373 e. The molecule has 0 aliphatic carbocycles. The lowest BCUT2D eigenvalue weighted by Gasteiger charge is -2.18. The highest BCUT2D eigenvalue weighted by Gasteiger charge is 2.31. The number of hydrogen-bond donors (Lipinski definition) is 1. The first-order chi connectivity index (χ1) is 7.15. The molecule has 0 saturated heterocycles. The third-order valence-electron chi connectivity index (χ3n) is 3.33. The zero-order chi connectivity index (χ0) is 11.0. The third kappa shape index (κ3) is 1.72. The summed E-state index contributed by atoms with van der Waals surface area (Å²) in [4.78, 5) is 2.23. The number of nitrogens with two attached hydrogens (primary N) is 1. The lowest BCUT2D eigenvalue weighted by molar-refractivity contribution is 0.488. The molecule has 0 spiro atoms. The van der Waals surface area contributed by atoms with Gasteiger partial charge in [0.1, 0.15) is 0 Å². The van der Waals surface area contributed by atoms with Gasteiger partial charge in [0.2, 0.25) is 0 Å². The molecule has 2 N–H and O–H groups in total. The Kier molecular flexibility index (Phi) is 2.89. The van der Waals surface area contributed by atoms with E-state index in [1.165, 1.54) is 11.3 Å². The molecule has 2 unspecified atom stereocenters. The van der Waals surface area contributed by atoms with E-state index in [-0.39, 0.29) is 0 Å². The van der Waals surface area contributed by atoms with E-state index in [4.69, 9.17) is 17.3 Å². The molecule has 0 saturated carbocycles. The molecular formula is C12H17ClN2. The first-order valence-electron chi connectivity index (χ1n) is 5.34. The summed E-state index contributed by atoms with van der Waals surface area (Å²) in [6, 6.07) is 6.14. The maximum atomic E-state index is 6.20. The minimum atomic E-state index is 0.507. The van der Waals surface area contributed by atoms with E-state index in [1.807, 2.05) is 12.1 Å². The lowest BCUT2D eigenvalue weighted by atomic mass is 9.89. The first kappa shape index (κ1) is 10.8. The number of nitrogens with zero attached hydrogens (tertiary/aromatic N) is 1. The fourth-order valence-electron chi connectivity index (χ4n) is 2.37.